The van der Waals surface area contributed by atoms with Crippen LogP contribution < -0.4 is 0 Å². The Hall–Kier alpha value is -0.0600. The van der Waals surface area contributed by atoms with Crippen molar-refractivity contribution in [2.75, 3.05) is 24.7 Å². The van der Waals surface area contributed by atoms with Crippen LogP contribution in [0.5, 0.6) is 0 Å². The topological polar surface area (TPSA) is 35.5 Å². The molecule has 0 saturated carbocycles. The molecule has 0 aliphatic carbocycles. The third kappa shape index (κ3) is 2.72. The molecule has 0 bridgehead atoms. The van der Waals surface area contributed by atoms with Crippen molar-refractivity contribution in [3.8, 4) is 0 Å². The largest absolute Gasteiger partial charge is 0.375 e. The Morgan fingerprint density at radius 1 is 1.16 bits per heavy atom. The third-order valence-electron chi connectivity index (χ3n) is 5.01. The first-order chi connectivity index (χ1) is 9.14. The van der Waals surface area contributed by atoms with E-state index in [9.17, 15) is 4.79 Å². The molecule has 19 heavy (non-hydrogen) atoms. The Balaban J connectivity index is 1.69. The zero-order valence-electron chi connectivity index (χ0n) is 11.8. The van der Waals surface area contributed by atoms with Crippen LogP contribution in [0.3, 0.4) is 0 Å². The van der Waals surface area contributed by atoms with E-state index in [-0.39, 0.29) is 11.5 Å². The van der Waals surface area contributed by atoms with E-state index in [2.05, 4.69) is 0 Å². The monoisotopic (exact) mass is 284 g/mol. The molecule has 1 spiro atoms. The van der Waals surface area contributed by atoms with E-state index in [0.29, 0.717) is 5.78 Å². The predicted octanol–water partition coefficient (Wildman–Crippen LogP) is 2.82. The Kier molecular flexibility index (Phi) is 3.93. The first-order valence-electron chi connectivity index (χ1n) is 7.54. The maximum absolute atomic E-state index is 12.8. The SMILES string of the molecule is CC1(C(=O)C2CCOC3(CCSCC3)C2)CCCO1. The summed E-state index contributed by atoms with van der Waals surface area (Å²) < 4.78 is 11.8. The van der Waals surface area contributed by atoms with Gasteiger partial charge >= 0.3 is 0 Å². The molecule has 3 fully saturated rings. The summed E-state index contributed by atoms with van der Waals surface area (Å²) in [6.45, 7) is 3.48. The number of carbonyl (C=O) groups excluding carboxylic acids is 1. The average Bonchev–Trinajstić information content (AvgIpc) is 2.87. The Morgan fingerprint density at radius 3 is 2.63 bits per heavy atom. The first kappa shape index (κ1) is 13.9. The van der Waals surface area contributed by atoms with Crippen molar-refractivity contribution in [1.29, 1.82) is 0 Å². The predicted molar refractivity (Wildman–Crippen MR) is 76.6 cm³/mol. The van der Waals surface area contributed by atoms with Crippen LogP contribution in [0.15, 0.2) is 0 Å². The van der Waals surface area contributed by atoms with Gasteiger partial charge < -0.3 is 9.47 Å². The lowest BCUT2D eigenvalue weighted by molar-refractivity contribution is -0.154. The summed E-state index contributed by atoms with van der Waals surface area (Å²) in [5.74, 6) is 2.84. The molecular formula is C15H24O3S. The van der Waals surface area contributed by atoms with Crippen LogP contribution in [0.2, 0.25) is 0 Å². The zero-order valence-corrected chi connectivity index (χ0v) is 12.6. The Labute approximate surface area is 119 Å². The van der Waals surface area contributed by atoms with Gasteiger partial charge in [-0.05, 0) is 57.0 Å². The van der Waals surface area contributed by atoms with Crippen molar-refractivity contribution in [2.24, 2.45) is 5.92 Å². The van der Waals surface area contributed by atoms with E-state index >= 15 is 0 Å². The molecule has 0 radical (unpaired) electrons. The molecular weight excluding hydrogens is 260 g/mol. The lowest BCUT2D eigenvalue weighted by atomic mass is 9.76. The zero-order chi connectivity index (χ0) is 13.3. The maximum atomic E-state index is 12.8. The fourth-order valence-corrected chi connectivity index (χ4v) is 4.99. The summed E-state index contributed by atoms with van der Waals surface area (Å²) in [5.41, 5.74) is -0.509. The molecule has 0 amide bonds. The highest BCUT2D eigenvalue weighted by Gasteiger charge is 2.47. The number of ketones is 1. The van der Waals surface area contributed by atoms with Crippen molar-refractivity contribution in [3.05, 3.63) is 0 Å². The summed E-state index contributed by atoms with van der Waals surface area (Å²) >= 11 is 2.01. The van der Waals surface area contributed by atoms with Gasteiger partial charge in [-0.3, -0.25) is 4.79 Å². The van der Waals surface area contributed by atoms with Crippen LogP contribution in [0, 0.1) is 5.92 Å². The number of ether oxygens (including phenoxy) is 2. The Bertz CT molecular complexity index is 338. The smallest absolute Gasteiger partial charge is 0.167 e. The van der Waals surface area contributed by atoms with E-state index in [1.165, 1.54) is 11.5 Å². The van der Waals surface area contributed by atoms with Gasteiger partial charge in [0.05, 0.1) is 5.60 Å². The second-order valence-corrected chi connectivity index (χ2v) is 7.61. The van der Waals surface area contributed by atoms with Gasteiger partial charge in [0, 0.05) is 19.1 Å². The van der Waals surface area contributed by atoms with E-state index in [0.717, 1.165) is 51.7 Å². The van der Waals surface area contributed by atoms with Gasteiger partial charge in [-0.25, -0.2) is 0 Å². The van der Waals surface area contributed by atoms with E-state index in [4.69, 9.17) is 9.47 Å². The fraction of sp³-hybridized carbons (Fsp3) is 0.933. The molecule has 3 saturated heterocycles. The van der Waals surface area contributed by atoms with Gasteiger partial charge in [-0.1, -0.05) is 0 Å². The van der Waals surface area contributed by atoms with Gasteiger partial charge in [0.25, 0.3) is 0 Å². The standard InChI is InChI=1S/C15H24O3S/c1-14(4-2-7-17-14)13(16)12-3-8-18-15(11-12)5-9-19-10-6-15/h12H,2-11H2,1H3. The normalized spacial score (nSPS) is 38.5. The van der Waals surface area contributed by atoms with Gasteiger partial charge in [0.15, 0.2) is 5.78 Å². The highest BCUT2D eigenvalue weighted by atomic mass is 32.2. The molecule has 0 aromatic rings. The van der Waals surface area contributed by atoms with Crippen molar-refractivity contribution in [3.63, 3.8) is 0 Å². The molecule has 3 nitrogen and oxygen atoms in total. The van der Waals surface area contributed by atoms with Crippen LogP contribution in [-0.4, -0.2) is 41.7 Å². The molecule has 3 heterocycles. The molecule has 0 aromatic carbocycles. The summed E-state index contributed by atoms with van der Waals surface area (Å²) in [4.78, 5) is 12.8. The lowest BCUT2D eigenvalue weighted by Crippen LogP contribution is -2.48. The highest BCUT2D eigenvalue weighted by molar-refractivity contribution is 7.99. The second-order valence-electron chi connectivity index (χ2n) is 6.38. The fourth-order valence-electron chi connectivity index (χ4n) is 3.75. The Morgan fingerprint density at radius 2 is 1.95 bits per heavy atom. The van der Waals surface area contributed by atoms with Crippen LogP contribution in [0.1, 0.15) is 45.4 Å². The molecule has 3 aliphatic rings. The van der Waals surface area contributed by atoms with Gasteiger partial charge in [-0.15, -0.1) is 0 Å². The molecule has 4 heteroatoms. The van der Waals surface area contributed by atoms with E-state index < -0.39 is 5.60 Å². The summed E-state index contributed by atoms with van der Waals surface area (Å²) in [6.07, 6.45) is 5.94. The van der Waals surface area contributed by atoms with Gasteiger partial charge in [0.2, 0.25) is 0 Å². The second kappa shape index (κ2) is 5.38. The first-order valence-corrected chi connectivity index (χ1v) is 8.69. The number of hydrogen-bond donors (Lipinski definition) is 0. The minimum absolute atomic E-state index is 0.00120. The molecule has 0 aromatic heterocycles. The molecule has 3 aliphatic heterocycles. The summed E-state index contributed by atoms with van der Waals surface area (Å²) in [7, 11) is 0. The van der Waals surface area contributed by atoms with Crippen molar-refractivity contribution in [2.45, 2.75) is 56.7 Å². The third-order valence-corrected chi connectivity index (χ3v) is 5.99. The number of Topliss-reactive ketones (excluding diaryl/α,β-unsaturated/α-hetero) is 1. The minimum atomic E-state index is -0.507. The number of rotatable bonds is 2. The molecule has 2 unspecified atom stereocenters. The molecule has 2 atom stereocenters. The van der Waals surface area contributed by atoms with E-state index in [1.54, 1.807) is 0 Å². The van der Waals surface area contributed by atoms with Crippen LogP contribution in [0.25, 0.3) is 0 Å². The number of thioether (sulfide) groups is 1. The number of hydrogen-bond acceptors (Lipinski definition) is 4. The van der Waals surface area contributed by atoms with E-state index in [1.807, 2.05) is 18.7 Å². The van der Waals surface area contributed by atoms with Crippen molar-refractivity contribution in [1.82, 2.24) is 0 Å². The molecule has 0 N–H and O–H groups in total. The van der Waals surface area contributed by atoms with Gasteiger partial charge in [-0.2, -0.15) is 11.8 Å². The highest BCUT2D eigenvalue weighted by Crippen LogP contribution is 2.42. The minimum Gasteiger partial charge on any atom is -0.375 e. The van der Waals surface area contributed by atoms with Gasteiger partial charge in [0.1, 0.15) is 5.60 Å². The number of carbonyl (C=O) groups is 1. The lowest BCUT2D eigenvalue weighted by Gasteiger charge is -2.44. The van der Waals surface area contributed by atoms with Crippen LogP contribution in [-0.2, 0) is 14.3 Å². The molecule has 3 rings (SSSR count). The maximum Gasteiger partial charge on any atom is 0.167 e. The average molecular weight is 284 g/mol. The quantitative estimate of drug-likeness (QED) is 0.781. The van der Waals surface area contributed by atoms with Crippen molar-refractivity contribution >= 4 is 17.5 Å². The summed E-state index contributed by atoms with van der Waals surface area (Å²) in [6, 6.07) is 0. The van der Waals surface area contributed by atoms with Crippen molar-refractivity contribution < 1.29 is 14.3 Å². The molecule has 108 valence electrons. The van der Waals surface area contributed by atoms with Crippen LogP contribution >= 0.6 is 11.8 Å². The summed E-state index contributed by atoms with van der Waals surface area (Å²) in [5, 5.41) is 0. The van der Waals surface area contributed by atoms with Crippen LogP contribution in [0.4, 0.5) is 0 Å².